The molecule has 1 aliphatic heterocycles. The number of aryl methyl sites for hydroxylation is 1. The van der Waals surface area contributed by atoms with Gasteiger partial charge in [0.05, 0.1) is 7.11 Å². The first kappa shape index (κ1) is 16.3. The third-order valence-electron chi connectivity index (χ3n) is 3.77. The van der Waals surface area contributed by atoms with Crippen molar-refractivity contribution in [2.75, 3.05) is 21.3 Å². The number of ether oxygens (including phenoxy) is 3. The normalized spacial score (nSPS) is 20.9. The van der Waals surface area contributed by atoms with E-state index in [1.165, 1.54) is 14.2 Å². The molecule has 0 radical (unpaired) electrons. The molecule has 0 unspecified atom stereocenters. The summed E-state index contributed by atoms with van der Waals surface area (Å²) in [6.45, 7) is 0. The number of urea groups is 1. The number of methoxy groups -OCH3 is 3. The van der Waals surface area contributed by atoms with E-state index >= 15 is 0 Å². The van der Waals surface area contributed by atoms with Crippen LogP contribution in [0, 0.1) is 0 Å². The van der Waals surface area contributed by atoms with Gasteiger partial charge in [-0.3, -0.25) is 10.1 Å². The smallest absolute Gasteiger partial charge is 0.322 e. The lowest BCUT2D eigenvalue weighted by atomic mass is 9.90. The average Bonchev–Trinajstić information content (AvgIpc) is 2.82. The second-order valence-corrected chi connectivity index (χ2v) is 5.03. The molecule has 0 bridgehead atoms. The summed E-state index contributed by atoms with van der Waals surface area (Å²) in [5.74, 6) is 0.316. The van der Waals surface area contributed by atoms with Gasteiger partial charge in [-0.05, 0) is 30.5 Å². The fourth-order valence-electron chi connectivity index (χ4n) is 2.60. The zero-order valence-corrected chi connectivity index (χ0v) is 12.8. The summed E-state index contributed by atoms with van der Waals surface area (Å²) >= 11 is 0. The lowest BCUT2D eigenvalue weighted by Crippen LogP contribution is -2.58. The molecule has 0 aromatic heterocycles. The van der Waals surface area contributed by atoms with E-state index < -0.39 is 23.8 Å². The molecular weight excluding hydrogens is 288 g/mol. The molecule has 1 aromatic rings. The molecule has 7 heteroatoms. The van der Waals surface area contributed by atoms with Gasteiger partial charge >= 0.3 is 6.03 Å². The topological polar surface area (TPSA) is 85.9 Å². The molecule has 1 aliphatic rings. The van der Waals surface area contributed by atoms with E-state index in [0.29, 0.717) is 12.8 Å². The molecule has 22 heavy (non-hydrogen) atoms. The molecule has 7 nitrogen and oxygen atoms in total. The lowest BCUT2D eigenvalue weighted by molar-refractivity contribution is -0.165. The number of amides is 3. The second kappa shape index (κ2) is 6.76. The van der Waals surface area contributed by atoms with Crippen LogP contribution < -0.4 is 15.4 Å². The number of hydrogen-bond donors (Lipinski definition) is 2. The van der Waals surface area contributed by atoms with Crippen LogP contribution in [0.4, 0.5) is 4.79 Å². The summed E-state index contributed by atoms with van der Waals surface area (Å²) in [5.41, 5.74) is -0.222. The Balaban J connectivity index is 2.16. The minimum Gasteiger partial charge on any atom is -0.497 e. The quantitative estimate of drug-likeness (QED) is 0.575. The van der Waals surface area contributed by atoms with Crippen molar-refractivity contribution >= 4 is 11.9 Å². The molecular formula is C15H20N2O5. The Morgan fingerprint density at radius 3 is 2.18 bits per heavy atom. The monoisotopic (exact) mass is 308 g/mol. The van der Waals surface area contributed by atoms with E-state index in [4.69, 9.17) is 14.2 Å². The van der Waals surface area contributed by atoms with Gasteiger partial charge in [0.2, 0.25) is 0 Å². The van der Waals surface area contributed by atoms with Gasteiger partial charge in [-0.15, -0.1) is 0 Å². The third-order valence-corrected chi connectivity index (χ3v) is 3.77. The van der Waals surface area contributed by atoms with E-state index in [1.54, 1.807) is 7.11 Å². The van der Waals surface area contributed by atoms with E-state index in [9.17, 15) is 9.59 Å². The summed E-state index contributed by atoms with van der Waals surface area (Å²) in [7, 11) is 4.46. The highest BCUT2D eigenvalue weighted by atomic mass is 16.7. The van der Waals surface area contributed by atoms with Gasteiger partial charge in [0.15, 0.2) is 11.8 Å². The van der Waals surface area contributed by atoms with Crippen LogP contribution in [-0.4, -0.2) is 45.1 Å². The highest BCUT2D eigenvalue weighted by Crippen LogP contribution is 2.25. The number of nitrogens with one attached hydrogen (secondary N) is 2. The second-order valence-electron chi connectivity index (χ2n) is 5.03. The highest BCUT2D eigenvalue weighted by Gasteiger charge is 2.52. The number of rotatable bonds is 7. The first-order valence-electron chi connectivity index (χ1n) is 6.88. The maximum Gasteiger partial charge on any atom is 0.322 e. The number of imide groups is 1. The van der Waals surface area contributed by atoms with Crippen LogP contribution in [0.25, 0.3) is 0 Å². The molecule has 1 fully saturated rings. The van der Waals surface area contributed by atoms with Crippen molar-refractivity contribution in [1.29, 1.82) is 0 Å². The van der Waals surface area contributed by atoms with Crippen LogP contribution in [0.3, 0.4) is 0 Å². The van der Waals surface area contributed by atoms with E-state index in [2.05, 4.69) is 10.6 Å². The van der Waals surface area contributed by atoms with Crippen molar-refractivity contribution in [3.63, 3.8) is 0 Å². The van der Waals surface area contributed by atoms with Gasteiger partial charge < -0.3 is 19.5 Å². The number of benzene rings is 1. The first-order valence-corrected chi connectivity index (χ1v) is 6.88. The standard InChI is InChI=1S/C15H20N2O5/c1-20-11-6-4-10(5-7-11)8-9-15(13(21-2)22-3)12(18)16-14(19)17-15/h4-7,13H,8-9H2,1-3H3,(H2,16,17,18,19)/t15-/m0/s1. The number of carbonyl (C=O) groups is 2. The summed E-state index contributed by atoms with van der Waals surface area (Å²) in [6.07, 6.45) is 0.0571. The lowest BCUT2D eigenvalue weighted by Gasteiger charge is -2.32. The Labute approximate surface area is 128 Å². The van der Waals surface area contributed by atoms with Crippen molar-refractivity contribution in [3.05, 3.63) is 29.8 Å². The SMILES string of the molecule is COc1ccc(CC[C@]2(C(OC)OC)NC(=O)NC2=O)cc1. The maximum absolute atomic E-state index is 12.2. The van der Waals surface area contributed by atoms with Crippen LogP contribution in [0.15, 0.2) is 24.3 Å². The fraction of sp³-hybridized carbons (Fsp3) is 0.467. The highest BCUT2D eigenvalue weighted by molar-refractivity contribution is 6.07. The van der Waals surface area contributed by atoms with Gasteiger partial charge in [-0.2, -0.15) is 0 Å². The Bertz CT molecular complexity index is 541. The van der Waals surface area contributed by atoms with Crippen LogP contribution in [0.2, 0.25) is 0 Å². The predicted molar refractivity (Wildman–Crippen MR) is 78.5 cm³/mol. The summed E-state index contributed by atoms with van der Waals surface area (Å²) < 4.78 is 15.5. The van der Waals surface area contributed by atoms with Crippen molar-refractivity contribution in [3.8, 4) is 5.75 Å². The third kappa shape index (κ3) is 3.05. The molecule has 1 atom stereocenters. The Hall–Kier alpha value is -2.12. The van der Waals surface area contributed by atoms with Gasteiger partial charge in [-0.1, -0.05) is 12.1 Å². The van der Waals surface area contributed by atoms with Crippen molar-refractivity contribution < 1.29 is 23.8 Å². The minimum absolute atomic E-state index is 0.350. The van der Waals surface area contributed by atoms with Crippen LogP contribution >= 0.6 is 0 Å². The number of hydrogen-bond acceptors (Lipinski definition) is 5. The van der Waals surface area contributed by atoms with Crippen LogP contribution in [0.5, 0.6) is 5.75 Å². The molecule has 2 rings (SSSR count). The zero-order valence-electron chi connectivity index (χ0n) is 12.8. The Kier molecular flexibility index (Phi) is 4.99. The maximum atomic E-state index is 12.2. The Morgan fingerprint density at radius 2 is 1.73 bits per heavy atom. The van der Waals surface area contributed by atoms with E-state index in [0.717, 1.165) is 11.3 Å². The molecule has 0 saturated carbocycles. The Morgan fingerprint density at radius 1 is 1.09 bits per heavy atom. The first-order chi connectivity index (χ1) is 10.6. The van der Waals surface area contributed by atoms with Gasteiger partial charge in [-0.25, -0.2) is 4.79 Å². The molecule has 3 amide bonds. The largest absolute Gasteiger partial charge is 0.497 e. The molecule has 2 N–H and O–H groups in total. The minimum atomic E-state index is -1.24. The molecule has 0 spiro atoms. The average molecular weight is 308 g/mol. The van der Waals surface area contributed by atoms with Crippen LogP contribution in [0.1, 0.15) is 12.0 Å². The fourth-order valence-corrected chi connectivity index (χ4v) is 2.60. The number of carbonyl (C=O) groups excluding carboxylic acids is 2. The summed E-state index contributed by atoms with van der Waals surface area (Å²) in [4.78, 5) is 23.7. The van der Waals surface area contributed by atoms with E-state index in [-0.39, 0.29) is 0 Å². The van der Waals surface area contributed by atoms with Gasteiger partial charge in [0, 0.05) is 14.2 Å². The van der Waals surface area contributed by atoms with Gasteiger partial charge in [0.1, 0.15) is 5.75 Å². The van der Waals surface area contributed by atoms with Crippen molar-refractivity contribution in [1.82, 2.24) is 10.6 Å². The zero-order chi connectivity index (χ0) is 16.2. The summed E-state index contributed by atoms with van der Waals surface area (Å²) in [6, 6.07) is 6.98. The summed E-state index contributed by atoms with van der Waals surface area (Å²) in [5, 5.41) is 4.88. The van der Waals surface area contributed by atoms with Crippen molar-refractivity contribution in [2.24, 2.45) is 0 Å². The molecule has 1 heterocycles. The van der Waals surface area contributed by atoms with Crippen LogP contribution in [-0.2, 0) is 20.7 Å². The molecule has 120 valence electrons. The van der Waals surface area contributed by atoms with Crippen molar-refractivity contribution in [2.45, 2.75) is 24.7 Å². The van der Waals surface area contributed by atoms with E-state index in [1.807, 2.05) is 24.3 Å². The predicted octanol–water partition coefficient (Wildman–Crippen LogP) is 0.825. The van der Waals surface area contributed by atoms with Gasteiger partial charge in [0.25, 0.3) is 5.91 Å². The molecule has 1 saturated heterocycles. The molecule has 0 aliphatic carbocycles. The molecule has 1 aromatic carbocycles.